The van der Waals surface area contributed by atoms with E-state index in [1.165, 1.54) is 11.3 Å². The number of benzene rings is 2. The lowest BCUT2D eigenvalue weighted by Gasteiger charge is -2.32. The number of hydrogen-bond donors (Lipinski definition) is 3. The van der Waals surface area contributed by atoms with Gasteiger partial charge in [0.25, 0.3) is 5.91 Å². The molecule has 41 heavy (non-hydrogen) atoms. The maximum absolute atomic E-state index is 13.5. The molecule has 6 rings (SSSR count). The van der Waals surface area contributed by atoms with Crippen LogP contribution in [-0.2, 0) is 4.79 Å². The average molecular weight is 610 g/mol. The van der Waals surface area contributed by atoms with E-state index < -0.39 is 0 Å². The smallest absolute Gasteiger partial charge is 0.331 e. The quantitative estimate of drug-likeness (QED) is 0.220. The van der Waals surface area contributed by atoms with E-state index in [9.17, 15) is 14.4 Å². The molecule has 0 saturated heterocycles. The van der Waals surface area contributed by atoms with Crippen LogP contribution in [0, 0.1) is 6.92 Å². The lowest BCUT2D eigenvalue weighted by atomic mass is 9.90. The number of anilines is 3. The Balaban J connectivity index is 0.00000194. The minimum Gasteiger partial charge on any atom is -0.457 e. The summed E-state index contributed by atoms with van der Waals surface area (Å²) >= 11 is 1.25. The molecule has 4 aromatic rings. The molecule has 4 amide bonds. The standard InChI is InChI=1S/C29H27N5O4S.2H2S/c1-17-15-19(38-18-7-3-2-4-8-18)11-12-22(17)34-23-13-14-30-28-24(23)25(33-29(34)37)26(39-28)27(36)32-21-10-6-5-9-20(21)31-16-35;;/h2-4,7-8,11-16,20-21H,5-6,9-10H2,1H3,(H,31,35)(H,32,36)(H,33,37);2*1H2/t20-,21-;;/m0../s1. The van der Waals surface area contributed by atoms with Gasteiger partial charge in [-0.3, -0.25) is 14.5 Å². The fraction of sp³-hybridized carbons (Fsp3) is 0.241. The molecule has 0 bridgehead atoms. The molecule has 1 saturated carbocycles. The molecule has 2 aromatic carbocycles. The number of carbonyl (C=O) groups is 3. The van der Waals surface area contributed by atoms with Crippen molar-refractivity contribution in [3.63, 3.8) is 0 Å². The number of thiophene rings is 1. The van der Waals surface area contributed by atoms with Crippen molar-refractivity contribution in [2.45, 2.75) is 44.7 Å². The third-order valence-corrected chi connectivity index (χ3v) is 8.30. The number of amides is 4. The number of ether oxygens (including phenoxy) is 1. The Morgan fingerprint density at radius 3 is 2.54 bits per heavy atom. The number of urea groups is 1. The molecule has 3 heterocycles. The molecule has 2 atom stereocenters. The molecule has 0 spiro atoms. The van der Waals surface area contributed by atoms with Crippen molar-refractivity contribution >= 4 is 84.0 Å². The van der Waals surface area contributed by atoms with Crippen molar-refractivity contribution in [1.29, 1.82) is 0 Å². The van der Waals surface area contributed by atoms with E-state index in [4.69, 9.17) is 4.74 Å². The Hall–Kier alpha value is -3.74. The number of aromatic nitrogens is 1. The molecule has 1 fully saturated rings. The Labute approximate surface area is 255 Å². The summed E-state index contributed by atoms with van der Waals surface area (Å²) in [6, 6.07) is 16.2. The highest BCUT2D eigenvalue weighted by Gasteiger charge is 2.34. The summed E-state index contributed by atoms with van der Waals surface area (Å²) in [7, 11) is 0. The first-order valence-electron chi connectivity index (χ1n) is 12.9. The van der Waals surface area contributed by atoms with Gasteiger partial charge < -0.3 is 20.7 Å². The van der Waals surface area contributed by atoms with Crippen molar-refractivity contribution in [1.82, 2.24) is 15.6 Å². The molecule has 0 radical (unpaired) electrons. The molecule has 9 nitrogen and oxygen atoms in total. The van der Waals surface area contributed by atoms with Crippen molar-refractivity contribution in [3.8, 4) is 11.5 Å². The zero-order chi connectivity index (χ0) is 26.9. The first-order valence-corrected chi connectivity index (χ1v) is 13.7. The number of nitrogens with zero attached hydrogens (tertiary/aromatic N) is 2. The topological polar surface area (TPSA) is 113 Å². The molecular formula is C29H31N5O4S3. The van der Waals surface area contributed by atoms with E-state index >= 15 is 0 Å². The second-order valence-electron chi connectivity index (χ2n) is 9.70. The fourth-order valence-corrected chi connectivity index (χ4v) is 6.40. The van der Waals surface area contributed by atoms with Crippen molar-refractivity contribution < 1.29 is 19.1 Å². The minimum absolute atomic E-state index is 0. The molecule has 12 heteroatoms. The summed E-state index contributed by atoms with van der Waals surface area (Å²) in [5.74, 6) is 1.11. The third kappa shape index (κ3) is 5.85. The van der Waals surface area contributed by atoms with Crippen LogP contribution in [0.1, 0.15) is 40.9 Å². The summed E-state index contributed by atoms with van der Waals surface area (Å²) in [6.07, 6.45) is 5.92. The molecule has 3 N–H and O–H groups in total. The van der Waals surface area contributed by atoms with Gasteiger partial charge in [0.15, 0.2) is 0 Å². The predicted molar refractivity (Wildman–Crippen MR) is 172 cm³/mol. The number of carbonyl (C=O) groups excluding carboxylic acids is 3. The largest absolute Gasteiger partial charge is 0.457 e. The van der Waals surface area contributed by atoms with Gasteiger partial charge in [0.2, 0.25) is 6.41 Å². The first-order chi connectivity index (χ1) is 19.0. The maximum atomic E-state index is 13.5. The van der Waals surface area contributed by atoms with Gasteiger partial charge >= 0.3 is 6.03 Å². The van der Waals surface area contributed by atoms with Crippen LogP contribution in [0.4, 0.5) is 21.9 Å². The highest BCUT2D eigenvalue weighted by molar-refractivity contribution is 7.59. The monoisotopic (exact) mass is 609 g/mol. The van der Waals surface area contributed by atoms with Gasteiger partial charge in [0.1, 0.15) is 21.2 Å². The predicted octanol–water partition coefficient (Wildman–Crippen LogP) is 6.09. The van der Waals surface area contributed by atoms with Crippen molar-refractivity contribution in [2.24, 2.45) is 0 Å². The number of nitrogens with one attached hydrogen (secondary N) is 3. The van der Waals surface area contributed by atoms with Gasteiger partial charge in [-0.1, -0.05) is 31.0 Å². The highest BCUT2D eigenvalue weighted by Crippen LogP contribution is 2.46. The fourth-order valence-electron chi connectivity index (χ4n) is 5.37. The summed E-state index contributed by atoms with van der Waals surface area (Å²) in [6.45, 7) is 1.93. The van der Waals surface area contributed by atoms with Gasteiger partial charge in [-0.05, 0) is 61.7 Å². The number of aryl methyl sites for hydroxylation is 1. The lowest BCUT2D eigenvalue weighted by Crippen LogP contribution is -2.51. The van der Waals surface area contributed by atoms with Crippen LogP contribution in [0.5, 0.6) is 11.5 Å². The van der Waals surface area contributed by atoms with Gasteiger partial charge in [-0.25, -0.2) is 9.78 Å². The maximum Gasteiger partial charge on any atom is 0.331 e. The van der Waals surface area contributed by atoms with Crippen molar-refractivity contribution in [3.05, 3.63) is 71.2 Å². The van der Waals surface area contributed by atoms with Gasteiger partial charge in [-0.2, -0.15) is 27.0 Å². The van der Waals surface area contributed by atoms with E-state index in [1.54, 1.807) is 17.2 Å². The van der Waals surface area contributed by atoms with E-state index in [0.717, 1.165) is 42.4 Å². The number of rotatable bonds is 7. The van der Waals surface area contributed by atoms with Crippen LogP contribution >= 0.6 is 38.3 Å². The SMILES string of the molecule is Cc1cc(Oc2ccccc2)ccc1N1C(=O)Nc2c(C(=O)N[C@H]3CCCC[C@@H]3NC=O)sc3nccc1c23.S.S. The first kappa shape index (κ1) is 30.2. The summed E-state index contributed by atoms with van der Waals surface area (Å²) in [4.78, 5) is 45.2. The number of para-hydroxylation sites is 1. The Bertz CT molecular complexity index is 1580. The third-order valence-electron chi connectivity index (χ3n) is 7.20. The zero-order valence-corrected chi connectivity index (χ0v) is 25.1. The van der Waals surface area contributed by atoms with Gasteiger partial charge in [0.05, 0.1) is 22.4 Å². The molecule has 2 aromatic heterocycles. The molecule has 1 aliphatic heterocycles. The Morgan fingerprint density at radius 2 is 1.80 bits per heavy atom. The highest BCUT2D eigenvalue weighted by atomic mass is 32.1. The molecule has 1 aliphatic carbocycles. The Morgan fingerprint density at radius 1 is 1.05 bits per heavy atom. The zero-order valence-electron chi connectivity index (χ0n) is 22.3. The van der Waals surface area contributed by atoms with Crippen LogP contribution in [0.15, 0.2) is 60.8 Å². The minimum atomic E-state index is -0.361. The van der Waals surface area contributed by atoms with Crippen LogP contribution < -0.4 is 25.6 Å². The van der Waals surface area contributed by atoms with Gasteiger partial charge in [-0.15, -0.1) is 11.3 Å². The molecule has 214 valence electrons. The van der Waals surface area contributed by atoms with Crippen molar-refractivity contribution in [2.75, 3.05) is 10.2 Å². The van der Waals surface area contributed by atoms with E-state index in [2.05, 4.69) is 20.9 Å². The summed E-state index contributed by atoms with van der Waals surface area (Å²) < 4.78 is 5.96. The second kappa shape index (κ2) is 12.8. The molecule has 2 aliphatic rings. The second-order valence-corrected chi connectivity index (χ2v) is 10.7. The van der Waals surface area contributed by atoms with Crippen LogP contribution in [0.3, 0.4) is 0 Å². The van der Waals surface area contributed by atoms with E-state index in [1.807, 2.05) is 55.5 Å². The van der Waals surface area contributed by atoms with Crippen LogP contribution in [0.25, 0.3) is 10.2 Å². The van der Waals surface area contributed by atoms with Gasteiger partial charge in [0, 0.05) is 18.3 Å². The number of hydrogen-bond acceptors (Lipinski definition) is 6. The summed E-state index contributed by atoms with van der Waals surface area (Å²) in [5.41, 5.74) is 2.68. The number of pyridine rings is 1. The van der Waals surface area contributed by atoms with E-state index in [0.29, 0.717) is 38.9 Å². The van der Waals surface area contributed by atoms with E-state index in [-0.39, 0.29) is 51.0 Å². The molecule has 0 unspecified atom stereocenters. The molecular weight excluding hydrogens is 579 g/mol. The lowest BCUT2D eigenvalue weighted by molar-refractivity contribution is -0.110. The van der Waals surface area contributed by atoms with Crippen LogP contribution in [0.2, 0.25) is 0 Å². The summed E-state index contributed by atoms with van der Waals surface area (Å²) in [5, 5.41) is 9.59. The average Bonchev–Trinajstić information content (AvgIpc) is 3.31. The van der Waals surface area contributed by atoms with Crippen LogP contribution in [-0.4, -0.2) is 35.4 Å². The normalized spacial score (nSPS) is 17.5. The Kier molecular flexibility index (Phi) is 9.46.